The Kier molecular flexibility index (Phi) is 6.28. The number of rotatable bonds is 6. The molecule has 0 saturated carbocycles. The molecule has 0 aliphatic carbocycles. The summed E-state index contributed by atoms with van der Waals surface area (Å²) in [6.45, 7) is 2.09. The molecule has 2 atom stereocenters. The second kappa shape index (κ2) is 8.42. The topological polar surface area (TPSA) is 85.9 Å². The van der Waals surface area contributed by atoms with E-state index in [1.165, 1.54) is 18.9 Å². The van der Waals surface area contributed by atoms with Crippen LogP contribution < -0.4 is 10.1 Å². The average molecular weight is 341 g/mol. The van der Waals surface area contributed by atoms with Gasteiger partial charge in [0.2, 0.25) is 5.91 Å². The molecule has 6 heteroatoms. The molecule has 2 rings (SSSR count). The quantitative estimate of drug-likeness (QED) is 0.802. The Hall–Kier alpha value is -2.44. The Morgan fingerprint density at radius 2 is 2.08 bits per heavy atom. The van der Waals surface area contributed by atoms with Gasteiger partial charge in [-0.3, -0.25) is 4.79 Å². The molecule has 1 aromatic carbocycles. The van der Waals surface area contributed by atoms with Gasteiger partial charge in [-0.25, -0.2) is 0 Å². The second-order valence-electron chi connectivity index (χ2n) is 5.37. The van der Waals surface area contributed by atoms with Crippen molar-refractivity contribution >= 4 is 17.7 Å². The van der Waals surface area contributed by atoms with Crippen LogP contribution in [-0.4, -0.2) is 18.8 Å². The Morgan fingerprint density at radius 1 is 1.33 bits per heavy atom. The Bertz CT molecular complexity index is 731. The molecule has 1 aromatic rings. The molecular weight excluding hydrogens is 322 g/mol. The minimum atomic E-state index is -0.952. The van der Waals surface area contributed by atoms with E-state index >= 15 is 0 Å². The minimum absolute atomic E-state index is 0.369. The minimum Gasteiger partial charge on any atom is -0.496 e. The molecule has 1 N–H and O–H groups in total. The monoisotopic (exact) mass is 341 g/mol. The third-order valence-corrected chi connectivity index (χ3v) is 4.99. The van der Waals surface area contributed by atoms with Crippen LogP contribution in [0.3, 0.4) is 0 Å². The van der Waals surface area contributed by atoms with Crippen molar-refractivity contribution < 1.29 is 9.53 Å². The van der Waals surface area contributed by atoms with Gasteiger partial charge in [-0.05, 0) is 18.2 Å². The van der Waals surface area contributed by atoms with Crippen molar-refractivity contribution in [1.82, 2.24) is 5.32 Å². The van der Waals surface area contributed by atoms with Gasteiger partial charge in [-0.15, -0.1) is 11.8 Å². The summed E-state index contributed by atoms with van der Waals surface area (Å²) >= 11 is 1.46. The van der Waals surface area contributed by atoms with Crippen molar-refractivity contribution in [1.29, 1.82) is 10.5 Å². The zero-order valence-electron chi connectivity index (χ0n) is 13.7. The average Bonchev–Trinajstić information content (AvgIpc) is 2.61. The summed E-state index contributed by atoms with van der Waals surface area (Å²) in [5.41, 5.74) is 1.11. The number of ether oxygens (including phenoxy) is 1. The van der Waals surface area contributed by atoms with E-state index in [0.717, 1.165) is 18.6 Å². The van der Waals surface area contributed by atoms with E-state index in [2.05, 4.69) is 18.3 Å². The zero-order chi connectivity index (χ0) is 17.5. The van der Waals surface area contributed by atoms with E-state index in [1.54, 1.807) is 12.1 Å². The number of para-hydroxylation sites is 1. The molecule has 1 amide bonds. The van der Waals surface area contributed by atoms with Crippen LogP contribution in [0.5, 0.6) is 5.75 Å². The summed E-state index contributed by atoms with van der Waals surface area (Å²) in [6.07, 6.45) is 2.02. The molecule has 1 heterocycles. The number of methoxy groups -OCH3 is 1. The number of hydrogen-bond donors (Lipinski definition) is 1. The predicted molar refractivity (Wildman–Crippen MR) is 93.0 cm³/mol. The molecule has 24 heavy (non-hydrogen) atoms. The Morgan fingerprint density at radius 3 is 2.71 bits per heavy atom. The summed E-state index contributed by atoms with van der Waals surface area (Å²) in [7, 11) is 1.54. The fourth-order valence-corrected chi connectivity index (χ4v) is 3.80. The maximum Gasteiger partial charge on any atom is 0.243 e. The number of hydrogen-bond acceptors (Lipinski definition) is 5. The van der Waals surface area contributed by atoms with Gasteiger partial charge < -0.3 is 10.1 Å². The maximum atomic E-state index is 12.4. The first-order valence-corrected chi connectivity index (χ1v) is 8.76. The van der Waals surface area contributed by atoms with Crippen molar-refractivity contribution in [2.75, 3.05) is 12.9 Å². The Balaban J connectivity index is 2.54. The zero-order valence-corrected chi connectivity index (χ0v) is 14.5. The van der Waals surface area contributed by atoms with Gasteiger partial charge in [0.05, 0.1) is 35.8 Å². The number of unbranched alkanes of at least 4 members (excludes halogenated alkanes) is 1. The van der Waals surface area contributed by atoms with E-state index < -0.39 is 11.8 Å². The molecule has 0 saturated heterocycles. The standard InChI is InChI=1S/C18H19N3O2S/c1-3-4-9-24-18-14(11-20)16(13(10-19)17(22)21-18)12-7-5-6-8-15(12)23-2/h5-8,13,16H,3-4,9H2,1-2H3,(H,21,22)/t13-,16-/m1/s1. The fourth-order valence-electron chi connectivity index (χ4n) is 2.66. The number of nitrogens with zero attached hydrogens (tertiary/aromatic N) is 2. The molecule has 0 aromatic heterocycles. The lowest BCUT2D eigenvalue weighted by molar-refractivity contribution is -0.123. The Labute approximate surface area is 146 Å². The molecule has 0 bridgehead atoms. The molecular formula is C18H19N3O2S. The van der Waals surface area contributed by atoms with E-state index in [0.29, 0.717) is 21.9 Å². The van der Waals surface area contributed by atoms with Crippen molar-refractivity contribution in [3.8, 4) is 17.9 Å². The number of nitrogens with one attached hydrogen (secondary N) is 1. The molecule has 0 unspecified atom stereocenters. The molecule has 124 valence electrons. The van der Waals surface area contributed by atoms with Crippen LogP contribution in [0.25, 0.3) is 0 Å². The van der Waals surface area contributed by atoms with E-state index in [9.17, 15) is 15.3 Å². The van der Waals surface area contributed by atoms with Crippen LogP contribution >= 0.6 is 11.8 Å². The van der Waals surface area contributed by atoms with Crippen LogP contribution in [0.1, 0.15) is 31.2 Å². The number of carbonyl (C=O) groups is 1. The predicted octanol–water partition coefficient (Wildman–Crippen LogP) is 3.32. The van der Waals surface area contributed by atoms with Crippen molar-refractivity contribution in [2.45, 2.75) is 25.7 Å². The number of allylic oxidation sites excluding steroid dienone is 1. The summed E-state index contributed by atoms with van der Waals surface area (Å²) in [6, 6.07) is 11.5. The van der Waals surface area contributed by atoms with Crippen LogP contribution in [0.15, 0.2) is 34.9 Å². The first-order valence-electron chi connectivity index (χ1n) is 7.78. The summed E-state index contributed by atoms with van der Waals surface area (Å²) in [5.74, 6) is -0.553. The highest BCUT2D eigenvalue weighted by atomic mass is 32.2. The largest absolute Gasteiger partial charge is 0.496 e. The highest BCUT2D eigenvalue weighted by molar-refractivity contribution is 8.03. The van der Waals surface area contributed by atoms with Gasteiger partial charge in [0.15, 0.2) is 0 Å². The van der Waals surface area contributed by atoms with Gasteiger partial charge in [0.1, 0.15) is 11.7 Å². The lowest BCUT2D eigenvalue weighted by Gasteiger charge is -2.29. The summed E-state index contributed by atoms with van der Waals surface area (Å²) < 4.78 is 5.37. The van der Waals surface area contributed by atoms with Crippen molar-refractivity contribution in [3.05, 3.63) is 40.4 Å². The lowest BCUT2D eigenvalue weighted by Crippen LogP contribution is -2.39. The lowest BCUT2D eigenvalue weighted by atomic mass is 9.79. The second-order valence-corrected chi connectivity index (χ2v) is 6.48. The van der Waals surface area contributed by atoms with E-state index in [4.69, 9.17) is 4.74 Å². The van der Waals surface area contributed by atoms with Gasteiger partial charge in [0, 0.05) is 5.56 Å². The molecule has 1 aliphatic heterocycles. The molecule has 0 fully saturated rings. The molecule has 0 spiro atoms. The number of benzene rings is 1. The highest BCUT2D eigenvalue weighted by Gasteiger charge is 2.40. The number of nitriles is 2. The molecule has 5 nitrogen and oxygen atoms in total. The van der Waals surface area contributed by atoms with Crippen LogP contribution in [-0.2, 0) is 4.79 Å². The summed E-state index contributed by atoms with van der Waals surface area (Å²) in [4.78, 5) is 12.4. The van der Waals surface area contributed by atoms with Gasteiger partial charge in [0.25, 0.3) is 0 Å². The maximum absolute atomic E-state index is 12.4. The van der Waals surface area contributed by atoms with Crippen LogP contribution in [0.2, 0.25) is 0 Å². The van der Waals surface area contributed by atoms with Crippen LogP contribution in [0, 0.1) is 28.6 Å². The van der Waals surface area contributed by atoms with Crippen LogP contribution in [0.4, 0.5) is 0 Å². The van der Waals surface area contributed by atoms with Gasteiger partial charge in [-0.1, -0.05) is 31.5 Å². The third kappa shape index (κ3) is 3.55. The van der Waals surface area contributed by atoms with Gasteiger partial charge in [-0.2, -0.15) is 10.5 Å². The normalized spacial score (nSPS) is 20.1. The smallest absolute Gasteiger partial charge is 0.243 e. The SMILES string of the molecule is CCCCSC1=C(C#N)[C@H](c2ccccc2OC)[C@@H](C#N)C(=O)N1. The number of amides is 1. The first kappa shape index (κ1) is 17.9. The molecule has 1 aliphatic rings. The first-order chi connectivity index (χ1) is 11.7. The van der Waals surface area contributed by atoms with E-state index in [-0.39, 0.29) is 5.91 Å². The van der Waals surface area contributed by atoms with E-state index in [1.807, 2.05) is 18.2 Å². The summed E-state index contributed by atoms with van der Waals surface area (Å²) in [5, 5.41) is 22.5. The number of carbonyl (C=O) groups excluding carboxylic acids is 1. The fraction of sp³-hybridized carbons (Fsp3) is 0.389. The highest BCUT2D eigenvalue weighted by Crippen LogP contribution is 2.42. The number of thioether (sulfide) groups is 1. The van der Waals surface area contributed by atoms with Crippen molar-refractivity contribution in [3.63, 3.8) is 0 Å². The molecule has 0 radical (unpaired) electrons. The third-order valence-electron chi connectivity index (χ3n) is 3.89. The van der Waals surface area contributed by atoms with Crippen molar-refractivity contribution in [2.24, 2.45) is 5.92 Å². The van der Waals surface area contributed by atoms with Gasteiger partial charge >= 0.3 is 0 Å².